The van der Waals surface area contributed by atoms with Gasteiger partial charge in [-0.2, -0.15) is 13.5 Å². The van der Waals surface area contributed by atoms with E-state index in [-0.39, 0.29) is 52.0 Å². The number of aromatic nitrogens is 1. The first-order valence-electron chi connectivity index (χ1n) is 18.9. The molecule has 1 unspecified atom stereocenters. The predicted octanol–water partition coefficient (Wildman–Crippen LogP) is 7.40. The number of carbonyl (C=O) groups excluding carboxylic acids is 2. The third-order valence-corrected chi connectivity index (χ3v) is 12.0. The molecule has 3 atom stereocenters. The number of nitrogens with one attached hydrogen (secondary N) is 1. The third-order valence-electron chi connectivity index (χ3n) is 10.3. The quantitative estimate of drug-likeness (QED) is 0.0469. The Labute approximate surface area is 353 Å². The van der Waals surface area contributed by atoms with Crippen molar-refractivity contribution in [3.63, 3.8) is 0 Å². The summed E-state index contributed by atoms with van der Waals surface area (Å²) in [5, 5.41) is 22.3. The van der Waals surface area contributed by atoms with Gasteiger partial charge in [-0.1, -0.05) is 47.5 Å². The van der Waals surface area contributed by atoms with Gasteiger partial charge in [-0.05, 0) is 86.5 Å². The fourth-order valence-electron chi connectivity index (χ4n) is 7.12. The van der Waals surface area contributed by atoms with Gasteiger partial charge >= 0.3 is 18.6 Å². The Hall–Kier alpha value is -4.74. The highest BCUT2D eigenvalue weighted by Crippen LogP contribution is 2.39. The second-order valence-electron chi connectivity index (χ2n) is 14.3. The summed E-state index contributed by atoms with van der Waals surface area (Å²) in [4.78, 5) is 39.3. The summed E-state index contributed by atoms with van der Waals surface area (Å²) in [7, 11) is 1.55. The van der Waals surface area contributed by atoms with E-state index in [2.05, 4.69) is 10.2 Å². The molecule has 13 nitrogen and oxygen atoms in total. The number of hydrogen-bond acceptors (Lipinski definition) is 12. The number of fused-ring (bicyclic) bond motifs is 3. The molecule has 18 heteroatoms. The molecular formula is C41H43Cl2F2N3O10S. The van der Waals surface area contributed by atoms with Crippen molar-refractivity contribution in [1.29, 1.82) is 0 Å². The van der Waals surface area contributed by atoms with Crippen LogP contribution in [-0.2, 0) is 32.0 Å². The van der Waals surface area contributed by atoms with Gasteiger partial charge in [0.1, 0.15) is 38.9 Å². The van der Waals surface area contributed by atoms with Crippen LogP contribution in [-0.4, -0.2) is 74.5 Å². The van der Waals surface area contributed by atoms with Crippen molar-refractivity contribution < 1.29 is 56.7 Å². The molecule has 4 aliphatic rings. The Balaban J connectivity index is 0.00000189. The monoisotopic (exact) mass is 877 g/mol. The predicted molar refractivity (Wildman–Crippen MR) is 213 cm³/mol. The number of rotatable bonds is 17. The zero-order chi connectivity index (χ0) is 42.1. The van der Waals surface area contributed by atoms with Gasteiger partial charge in [-0.25, -0.2) is 9.59 Å². The number of para-hydroxylation sites is 1. The lowest BCUT2D eigenvalue weighted by Gasteiger charge is -2.44. The van der Waals surface area contributed by atoms with Crippen LogP contribution >= 0.6 is 34.5 Å². The zero-order valence-electron chi connectivity index (χ0n) is 31.9. The average Bonchev–Trinajstić information content (AvgIpc) is 3.93. The number of esters is 2. The van der Waals surface area contributed by atoms with E-state index in [1.807, 2.05) is 18.2 Å². The lowest BCUT2D eigenvalue weighted by Crippen LogP contribution is -2.52. The number of benzene rings is 2. The number of carbonyl (C=O) groups is 3. The maximum Gasteiger partial charge on any atom is 0.387 e. The van der Waals surface area contributed by atoms with E-state index in [0.717, 1.165) is 62.6 Å². The van der Waals surface area contributed by atoms with Crippen LogP contribution in [0.15, 0.2) is 67.0 Å². The van der Waals surface area contributed by atoms with Crippen LogP contribution in [0.1, 0.15) is 69.1 Å². The lowest BCUT2D eigenvalue weighted by atomic mass is 9.86. The third kappa shape index (κ3) is 11.7. The van der Waals surface area contributed by atoms with Gasteiger partial charge in [0.05, 0.1) is 13.7 Å². The molecule has 59 heavy (non-hydrogen) atoms. The molecule has 3 saturated heterocycles. The van der Waals surface area contributed by atoms with Crippen molar-refractivity contribution in [1.82, 2.24) is 10.2 Å². The molecule has 2 bridgehead atoms. The minimum Gasteiger partial charge on any atom is -0.619 e. The first-order chi connectivity index (χ1) is 28.5. The Kier molecular flexibility index (Phi) is 15.2. The molecular weight excluding hydrogens is 835 g/mol. The summed E-state index contributed by atoms with van der Waals surface area (Å²) >= 11 is 14.0. The van der Waals surface area contributed by atoms with E-state index < -0.39 is 30.7 Å². The van der Waals surface area contributed by atoms with E-state index in [9.17, 15) is 23.6 Å². The molecule has 5 heterocycles. The maximum atomic E-state index is 13.8. The van der Waals surface area contributed by atoms with Crippen molar-refractivity contribution in [2.45, 2.75) is 63.5 Å². The lowest BCUT2D eigenvalue weighted by molar-refractivity contribution is -0.605. The van der Waals surface area contributed by atoms with Crippen LogP contribution < -0.4 is 24.3 Å². The maximum absolute atomic E-state index is 13.8. The molecule has 0 spiro atoms. The Morgan fingerprint density at radius 2 is 1.75 bits per heavy atom. The van der Waals surface area contributed by atoms with E-state index >= 15 is 0 Å². The first kappa shape index (κ1) is 43.8. The molecule has 8 rings (SSSR count). The van der Waals surface area contributed by atoms with Gasteiger partial charge in [0.2, 0.25) is 0 Å². The van der Waals surface area contributed by atoms with Crippen molar-refractivity contribution in [2.24, 2.45) is 11.8 Å². The Morgan fingerprint density at radius 1 is 1.03 bits per heavy atom. The number of pyridine rings is 1. The van der Waals surface area contributed by atoms with Crippen LogP contribution in [0, 0.1) is 17.0 Å². The highest BCUT2D eigenvalue weighted by Gasteiger charge is 2.38. The number of halogens is 4. The van der Waals surface area contributed by atoms with E-state index in [1.54, 1.807) is 25.3 Å². The fourth-order valence-corrected chi connectivity index (χ4v) is 8.56. The number of nitrogens with zero attached hydrogens (tertiary/aromatic N) is 2. The molecule has 1 saturated carbocycles. The molecule has 2 aromatic heterocycles. The number of ether oxygens (including phenoxy) is 5. The number of piperidine rings is 3. The van der Waals surface area contributed by atoms with Gasteiger partial charge in [-0.3, -0.25) is 15.0 Å². The summed E-state index contributed by atoms with van der Waals surface area (Å²) in [5.74, 6) is 0.0150. The number of hydrogen-bond donors (Lipinski definition) is 2. The number of alkyl halides is 2. The number of carboxylic acid groups (broad SMARTS) is 1. The molecule has 0 radical (unpaired) electrons. The minimum absolute atomic E-state index is 0.0521. The molecule has 2 aromatic carbocycles. The van der Waals surface area contributed by atoms with Crippen LogP contribution in [0.3, 0.4) is 0 Å². The molecule has 0 amide bonds. The van der Waals surface area contributed by atoms with Gasteiger partial charge in [0.15, 0.2) is 23.9 Å². The summed E-state index contributed by atoms with van der Waals surface area (Å²) < 4.78 is 55.4. The van der Waals surface area contributed by atoms with Gasteiger partial charge < -0.3 is 34.0 Å². The van der Waals surface area contributed by atoms with Crippen LogP contribution in [0.2, 0.25) is 10.0 Å². The van der Waals surface area contributed by atoms with Gasteiger partial charge in [0.25, 0.3) is 6.47 Å². The van der Waals surface area contributed by atoms with Crippen LogP contribution in [0.5, 0.6) is 17.2 Å². The minimum atomic E-state index is -3.08. The summed E-state index contributed by atoms with van der Waals surface area (Å²) in [6.07, 6.45) is 4.93. The van der Waals surface area contributed by atoms with Crippen molar-refractivity contribution in [2.75, 3.05) is 33.4 Å². The largest absolute Gasteiger partial charge is 0.619 e. The van der Waals surface area contributed by atoms with Crippen LogP contribution in [0.4, 0.5) is 8.78 Å². The highest BCUT2D eigenvalue weighted by atomic mass is 35.5. The first-order valence-corrected chi connectivity index (χ1v) is 20.5. The highest BCUT2D eigenvalue weighted by molar-refractivity contribution is 7.13. The summed E-state index contributed by atoms with van der Waals surface area (Å²) in [6.45, 7) is -0.0432. The number of thiophene rings is 1. The molecule has 1 aliphatic carbocycles. The van der Waals surface area contributed by atoms with Gasteiger partial charge in [0, 0.05) is 35.5 Å². The molecule has 316 valence electrons. The number of methoxy groups -OCH3 is 1. The Bertz CT molecular complexity index is 2060. The fraction of sp³-hybridized carbons (Fsp3) is 0.415. The normalized spacial score (nSPS) is 19.2. The Morgan fingerprint density at radius 3 is 2.39 bits per heavy atom. The molecule has 3 aliphatic heterocycles. The summed E-state index contributed by atoms with van der Waals surface area (Å²) in [5.41, 5.74) is 1.37. The van der Waals surface area contributed by atoms with E-state index in [1.165, 1.54) is 29.5 Å². The van der Waals surface area contributed by atoms with E-state index in [0.29, 0.717) is 45.6 Å². The van der Waals surface area contributed by atoms with Gasteiger partial charge in [-0.15, -0.1) is 11.3 Å². The zero-order valence-corrected chi connectivity index (χ0v) is 34.2. The molecule has 2 N–H and O–H groups in total. The SMILES string of the molecule is COc1ccccc1C(NCc1ccc(C(=O)O[C@@H](Cc2c(Cl)c[n+]([O-])cc2Cl)c2ccc(OC(F)F)c(OCC3CC3)c2)s1)C(=O)O[C@H]1CN2CCC1CC2.O=CO. The molecule has 4 aromatic rings. The standard InChI is InChI=1S/C40H41Cl2F2N3O8S.CH2O2/c1-51-31-5-3-2-4-27(31)37(39(49)54-35-21-46-14-12-24(35)13-15-46)45-18-26-9-11-36(56-26)38(48)53-33(17-28-29(41)19-47(50)20-30(28)42)25-8-10-32(55-40(43)44)34(16-25)52-22-23-6-7-23;2-1-3/h2-5,8-11,16,19-20,23-24,33,35,37,40,45H,6-7,12-15,17-18,21-22H2,1H3;1H,(H,2,3)/t33-,35-,37?;/m0./s1. The van der Waals surface area contributed by atoms with Crippen molar-refractivity contribution >= 4 is 52.9 Å². The topological polar surface area (TPSA) is 160 Å². The van der Waals surface area contributed by atoms with E-state index in [4.69, 9.17) is 56.8 Å². The molecule has 4 fully saturated rings. The summed E-state index contributed by atoms with van der Waals surface area (Å²) in [6, 6.07) is 14.1. The smallest absolute Gasteiger partial charge is 0.387 e. The second kappa shape index (κ2) is 20.5. The van der Waals surface area contributed by atoms with Crippen molar-refractivity contribution in [3.05, 3.63) is 109 Å². The second-order valence-corrected chi connectivity index (χ2v) is 16.3. The average molecular weight is 879 g/mol. The van der Waals surface area contributed by atoms with Crippen LogP contribution in [0.25, 0.3) is 0 Å². The van der Waals surface area contributed by atoms with Crippen molar-refractivity contribution in [3.8, 4) is 17.2 Å².